The van der Waals surface area contributed by atoms with Gasteiger partial charge in [0.1, 0.15) is 11.5 Å². The van der Waals surface area contributed by atoms with E-state index in [2.05, 4.69) is 17.4 Å². The molecule has 0 saturated heterocycles. The Balaban J connectivity index is 1.53. The lowest BCUT2D eigenvalue weighted by molar-refractivity contribution is -0.116. The Kier molecular flexibility index (Phi) is 7.06. The van der Waals surface area contributed by atoms with Gasteiger partial charge in [-0.2, -0.15) is 0 Å². The van der Waals surface area contributed by atoms with Gasteiger partial charge in [0, 0.05) is 17.7 Å². The van der Waals surface area contributed by atoms with Crippen molar-refractivity contribution in [2.24, 2.45) is 5.92 Å². The van der Waals surface area contributed by atoms with Crippen LogP contribution in [0.15, 0.2) is 96.8 Å². The van der Waals surface area contributed by atoms with Crippen LogP contribution in [0.1, 0.15) is 24.0 Å². The van der Waals surface area contributed by atoms with Crippen LogP contribution in [0.2, 0.25) is 0 Å². The summed E-state index contributed by atoms with van der Waals surface area (Å²) in [5, 5.41) is 12.6. The number of carbonyl (C=O) groups is 1. The number of carbonyl (C=O) groups excluding carboxylic acids is 1. The normalized spacial score (nSPS) is 15.3. The van der Waals surface area contributed by atoms with Crippen LogP contribution in [0, 0.1) is 5.92 Å². The van der Waals surface area contributed by atoms with E-state index in [1.54, 1.807) is 19.2 Å². The van der Waals surface area contributed by atoms with Crippen LogP contribution in [-0.2, 0) is 9.53 Å². The minimum Gasteiger partial charge on any atom is -0.508 e. The maximum Gasteiger partial charge on any atom is 0.224 e. The number of para-hydroxylation sites is 1. The van der Waals surface area contributed by atoms with E-state index in [0.717, 1.165) is 40.1 Å². The van der Waals surface area contributed by atoms with Crippen molar-refractivity contribution in [1.29, 1.82) is 0 Å². The van der Waals surface area contributed by atoms with Gasteiger partial charge in [0.25, 0.3) is 0 Å². The highest BCUT2D eigenvalue weighted by atomic mass is 16.5. The van der Waals surface area contributed by atoms with Gasteiger partial charge in [-0.15, -0.1) is 0 Å². The number of benzene rings is 3. The monoisotopic (exact) mass is 437 g/mol. The molecule has 166 valence electrons. The van der Waals surface area contributed by atoms with Crippen molar-refractivity contribution in [3.05, 3.63) is 108 Å². The number of rotatable bonds is 7. The highest BCUT2D eigenvalue weighted by Crippen LogP contribution is 2.32. The number of anilines is 1. The zero-order valence-corrected chi connectivity index (χ0v) is 18.6. The summed E-state index contributed by atoms with van der Waals surface area (Å²) in [6.07, 6.45) is 11.2. The molecule has 0 spiro atoms. The fraction of sp³-hybridized carbons (Fsp3) is 0.138. The predicted octanol–water partition coefficient (Wildman–Crippen LogP) is 6.66. The number of amides is 1. The number of hydrogen-bond donors (Lipinski definition) is 2. The van der Waals surface area contributed by atoms with E-state index < -0.39 is 0 Å². The molecule has 1 unspecified atom stereocenters. The van der Waals surface area contributed by atoms with E-state index in [4.69, 9.17) is 4.74 Å². The van der Waals surface area contributed by atoms with Crippen molar-refractivity contribution in [3.8, 4) is 16.9 Å². The molecule has 0 aliphatic heterocycles. The average molecular weight is 438 g/mol. The lowest BCUT2D eigenvalue weighted by Crippen LogP contribution is -2.17. The number of hydrogen-bond acceptors (Lipinski definition) is 3. The van der Waals surface area contributed by atoms with Crippen molar-refractivity contribution in [3.63, 3.8) is 0 Å². The summed E-state index contributed by atoms with van der Waals surface area (Å²) in [5.41, 5.74) is 4.84. The first-order valence-corrected chi connectivity index (χ1v) is 11.0. The van der Waals surface area contributed by atoms with Crippen molar-refractivity contribution >= 4 is 23.7 Å². The minimum atomic E-state index is -0.0107. The number of allylic oxidation sites excluding steroid dienone is 3. The van der Waals surface area contributed by atoms with Crippen LogP contribution in [0.5, 0.6) is 5.75 Å². The molecule has 1 aliphatic rings. The van der Waals surface area contributed by atoms with Gasteiger partial charge >= 0.3 is 0 Å². The van der Waals surface area contributed by atoms with E-state index in [1.807, 2.05) is 78.9 Å². The molecule has 3 aromatic carbocycles. The maximum atomic E-state index is 12.8. The van der Waals surface area contributed by atoms with Crippen molar-refractivity contribution < 1.29 is 14.6 Å². The Hall–Kier alpha value is -4.05. The molecule has 4 rings (SSSR count). The molecule has 0 heterocycles. The molecule has 4 nitrogen and oxygen atoms in total. The SMILES string of the molecule is COC1=CCC(CC(=O)Nc2ccccc2-c2ccccc2/C=C/c2ccc(O)cc2)C=C1. The fourth-order valence-electron chi connectivity index (χ4n) is 3.87. The summed E-state index contributed by atoms with van der Waals surface area (Å²) < 4.78 is 5.23. The predicted molar refractivity (Wildman–Crippen MR) is 134 cm³/mol. The van der Waals surface area contributed by atoms with Gasteiger partial charge in [-0.1, -0.05) is 72.8 Å². The third-order valence-corrected chi connectivity index (χ3v) is 5.64. The summed E-state index contributed by atoms with van der Waals surface area (Å²) in [6.45, 7) is 0. The van der Waals surface area contributed by atoms with Gasteiger partial charge < -0.3 is 15.2 Å². The maximum absolute atomic E-state index is 12.8. The van der Waals surface area contributed by atoms with E-state index in [-0.39, 0.29) is 17.6 Å². The molecule has 0 saturated carbocycles. The Morgan fingerprint density at radius 3 is 2.45 bits per heavy atom. The highest BCUT2D eigenvalue weighted by molar-refractivity contribution is 5.97. The van der Waals surface area contributed by atoms with Crippen LogP contribution in [0.3, 0.4) is 0 Å². The molecular weight excluding hydrogens is 410 g/mol. The van der Waals surface area contributed by atoms with Gasteiger partial charge in [-0.05, 0) is 59.4 Å². The molecule has 33 heavy (non-hydrogen) atoms. The van der Waals surface area contributed by atoms with Crippen molar-refractivity contribution in [1.82, 2.24) is 0 Å². The number of phenolic OH excluding ortho intramolecular Hbond substituents is 1. The van der Waals surface area contributed by atoms with Gasteiger partial charge in [0.2, 0.25) is 5.91 Å². The van der Waals surface area contributed by atoms with Crippen molar-refractivity contribution in [2.75, 3.05) is 12.4 Å². The summed E-state index contributed by atoms with van der Waals surface area (Å²) in [4.78, 5) is 12.8. The molecule has 0 fully saturated rings. The molecule has 0 radical (unpaired) electrons. The number of ether oxygens (including phenoxy) is 1. The number of nitrogens with one attached hydrogen (secondary N) is 1. The number of phenols is 1. The fourth-order valence-corrected chi connectivity index (χ4v) is 3.87. The first-order valence-electron chi connectivity index (χ1n) is 11.0. The topological polar surface area (TPSA) is 58.6 Å². The Morgan fingerprint density at radius 1 is 1.00 bits per heavy atom. The number of methoxy groups -OCH3 is 1. The molecule has 4 heteroatoms. The summed E-state index contributed by atoms with van der Waals surface area (Å²) in [7, 11) is 1.65. The first kappa shape index (κ1) is 22.2. The lowest BCUT2D eigenvalue weighted by atomic mass is 9.95. The molecule has 3 aromatic rings. The smallest absolute Gasteiger partial charge is 0.224 e. The van der Waals surface area contributed by atoms with Crippen LogP contribution in [0.25, 0.3) is 23.3 Å². The molecule has 0 aromatic heterocycles. The Bertz CT molecular complexity index is 1210. The van der Waals surface area contributed by atoms with E-state index in [9.17, 15) is 9.90 Å². The van der Waals surface area contributed by atoms with Crippen molar-refractivity contribution in [2.45, 2.75) is 12.8 Å². The summed E-state index contributed by atoms with van der Waals surface area (Å²) in [5.74, 6) is 1.24. The first-order chi connectivity index (χ1) is 16.1. The second-order valence-electron chi connectivity index (χ2n) is 7.98. The van der Waals surface area contributed by atoms with Gasteiger partial charge in [0.05, 0.1) is 7.11 Å². The van der Waals surface area contributed by atoms with E-state index >= 15 is 0 Å². The van der Waals surface area contributed by atoms with Gasteiger partial charge in [0.15, 0.2) is 0 Å². The largest absolute Gasteiger partial charge is 0.508 e. The minimum absolute atomic E-state index is 0.0107. The van der Waals surface area contributed by atoms with Gasteiger partial charge in [-0.25, -0.2) is 0 Å². The summed E-state index contributed by atoms with van der Waals surface area (Å²) >= 11 is 0. The third-order valence-electron chi connectivity index (χ3n) is 5.64. The zero-order valence-electron chi connectivity index (χ0n) is 18.6. The van der Waals surface area contributed by atoms with Crippen LogP contribution in [0.4, 0.5) is 5.69 Å². The standard InChI is InChI=1S/C29H27NO3/c1-33-25-18-13-22(14-19-25)20-29(32)30-28-9-5-4-8-27(28)26-7-3-2-6-23(26)15-10-21-11-16-24(31)17-12-21/h2-13,15-19,22,31H,14,20H2,1H3,(H,30,32)/b15-10+. The molecular formula is C29H27NO3. The molecule has 1 amide bonds. The average Bonchev–Trinajstić information content (AvgIpc) is 2.85. The summed E-state index contributed by atoms with van der Waals surface area (Å²) in [6, 6.07) is 23.1. The second kappa shape index (κ2) is 10.5. The van der Waals surface area contributed by atoms with Gasteiger partial charge in [-0.3, -0.25) is 4.79 Å². The third kappa shape index (κ3) is 5.80. The second-order valence-corrected chi connectivity index (χ2v) is 7.98. The number of aromatic hydroxyl groups is 1. The van der Waals surface area contributed by atoms with Crippen LogP contribution < -0.4 is 5.32 Å². The quantitative estimate of drug-likeness (QED) is 0.406. The van der Waals surface area contributed by atoms with Crippen LogP contribution >= 0.6 is 0 Å². The molecule has 1 aliphatic carbocycles. The highest BCUT2D eigenvalue weighted by Gasteiger charge is 2.16. The zero-order chi connectivity index (χ0) is 23.0. The Morgan fingerprint density at radius 2 is 1.73 bits per heavy atom. The lowest BCUT2D eigenvalue weighted by Gasteiger charge is -2.17. The molecule has 1 atom stereocenters. The van der Waals surface area contributed by atoms with E-state index in [0.29, 0.717) is 6.42 Å². The van der Waals surface area contributed by atoms with Crippen LogP contribution in [-0.4, -0.2) is 18.1 Å². The van der Waals surface area contributed by atoms with E-state index in [1.165, 1.54) is 0 Å². The Labute approximate surface area is 194 Å². The molecule has 0 bridgehead atoms. The molecule has 2 N–H and O–H groups in total.